The lowest BCUT2D eigenvalue weighted by Gasteiger charge is -2.29. The molecule has 1 heterocycles. The lowest BCUT2D eigenvalue weighted by Crippen LogP contribution is -2.39. The smallest absolute Gasteiger partial charge is 0.307 e. The van der Waals surface area contributed by atoms with Gasteiger partial charge in [-0.1, -0.05) is 48.2 Å². The number of carboxylic acids is 1. The van der Waals surface area contributed by atoms with Crippen molar-refractivity contribution in [1.29, 1.82) is 0 Å². The molecule has 1 aliphatic heterocycles. The summed E-state index contributed by atoms with van der Waals surface area (Å²) in [6, 6.07) is 21.9. The number of carbonyl (C=O) groups is 1. The molecule has 5 heteroatoms. The van der Waals surface area contributed by atoms with Gasteiger partial charge in [-0.3, -0.25) is 4.79 Å². The second-order valence-corrected chi connectivity index (χ2v) is 7.77. The molecule has 1 fully saturated rings. The topological polar surface area (TPSA) is 65.3 Å². The molecule has 3 aromatic rings. The molecule has 3 aromatic carbocycles. The van der Waals surface area contributed by atoms with Crippen LogP contribution in [0.4, 0.5) is 11.4 Å². The Morgan fingerprint density at radius 2 is 1.84 bits per heavy atom. The summed E-state index contributed by atoms with van der Waals surface area (Å²) in [5, 5.41) is 20.2. The van der Waals surface area contributed by atoms with E-state index in [1.54, 1.807) is 0 Å². The molecule has 4 rings (SSSR count). The first-order chi connectivity index (χ1) is 15.2. The van der Waals surface area contributed by atoms with Crippen LogP contribution in [0.1, 0.15) is 24.8 Å². The van der Waals surface area contributed by atoms with Gasteiger partial charge in [0.15, 0.2) is 0 Å². The highest BCUT2D eigenvalue weighted by molar-refractivity contribution is 5.92. The van der Waals surface area contributed by atoms with Crippen LogP contribution in [0.3, 0.4) is 0 Å². The molecule has 1 unspecified atom stereocenters. The van der Waals surface area contributed by atoms with E-state index in [2.05, 4.69) is 39.1 Å². The van der Waals surface area contributed by atoms with Crippen molar-refractivity contribution < 1.29 is 9.90 Å². The van der Waals surface area contributed by atoms with E-state index >= 15 is 0 Å². The molecule has 1 saturated heterocycles. The summed E-state index contributed by atoms with van der Waals surface area (Å²) in [4.78, 5) is 13.4. The first kappa shape index (κ1) is 20.8. The number of carboxylic acid groups (broad SMARTS) is 1. The predicted octanol–water partition coefficient (Wildman–Crippen LogP) is 5.79. The molecule has 1 aliphatic rings. The second-order valence-electron chi connectivity index (χ2n) is 7.77. The van der Waals surface area contributed by atoms with E-state index in [9.17, 15) is 9.90 Å². The number of aliphatic carboxylic acids is 1. The fourth-order valence-corrected chi connectivity index (χ4v) is 3.86. The number of azo groups is 1. The summed E-state index contributed by atoms with van der Waals surface area (Å²) in [6.45, 7) is 2.41. The van der Waals surface area contributed by atoms with Gasteiger partial charge in [0.2, 0.25) is 0 Å². The maximum absolute atomic E-state index is 11.2. The van der Waals surface area contributed by atoms with Gasteiger partial charge in [0.1, 0.15) is 0 Å². The van der Waals surface area contributed by atoms with Crippen LogP contribution in [0.15, 0.2) is 77.0 Å². The van der Waals surface area contributed by atoms with Gasteiger partial charge in [0.05, 0.1) is 17.3 Å². The second kappa shape index (κ2) is 10.0. The first-order valence-corrected chi connectivity index (χ1v) is 10.6. The lowest BCUT2D eigenvalue weighted by atomic mass is 9.98. The summed E-state index contributed by atoms with van der Waals surface area (Å²) in [5.41, 5.74) is 2.57. The Balaban J connectivity index is 1.33. The Morgan fingerprint density at radius 3 is 2.68 bits per heavy atom. The highest BCUT2D eigenvalue weighted by Crippen LogP contribution is 2.27. The number of benzene rings is 3. The van der Waals surface area contributed by atoms with Crippen molar-refractivity contribution in [2.45, 2.75) is 19.3 Å². The van der Waals surface area contributed by atoms with Gasteiger partial charge in [0, 0.05) is 30.5 Å². The SMILES string of the molecule is O=C(O)C1CCCN(CCC#Cc2ccc(N=Nc3cccc4ccccc34)cc2)C1. The fraction of sp³-hybridized carbons (Fsp3) is 0.269. The van der Waals surface area contributed by atoms with E-state index in [1.165, 1.54) is 0 Å². The molecule has 0 aliphatic carbocycles. The zero-order valence-electron chi connectivity index (χ0n) is 17.4. The van der Waals surface area contributed by atoms with Crippen molar-refractivity contribution in [1.82, 2.24) is 4.90 Å². The minimum atomic E-state index is -0.687. The van der Waals surface area contributed by atoms with E-state index < -0.39 is 5.97 Å². The molecule has 0 spiro atoms. The molecular weight excluding hydrogens is 386 g/mol. The van der Waals surface area contributed by atoms with Crippen LogP contribution in [0, 0.1) is 17.8 Å². The standard InChI is InChI=1S/C26H25N3O2/c30-26(31)22-10-6-18-29(19-22)17-4-3-7-20-13-15-23(16-14-20)27-28-25-12-5-9-21-8-1-2-11-24(21)25/h1-2,5,8-9,11-16,22H,4,6,10,17-19H2,(H,30,31). The normalized spacial score (nSPS) is 16.8. The van der Waals surface area contributed by atoms with Crippen LogP contribution in [-0.2, 0) is 4.79 Å². The van der Waals surface area contributed by atoms with Crippen LogP contribution in [0.25, 0.3) is 10.8 Å². The zero-order valence-corrected chi connectivity index (χ0v) is 17.4. The Labute approximate surface area is 182 Å². The molecule has 1 atom stereocenters. The van der Waals surface area contributed by atoms with Gasteiger partial charge in [-0.15, -0.1) is 5.11 Å². The summed E-state index contributed by atoms with van der Waals surface area (Å²) in [6.07, 6.45) is 2.45. The van der Waals surface area contributed by atoms with Crippen LogP contribution in [0.2, 0.25) is 0 Å². The number of nitrogens with zero attached hydrogens (tertiary/aromatic N) is 3. The fourth-order valence-electron chi connectivity index (χ4n) is 3.86. The Kier molecular flexibility index (Phi) is 6.71. The zero-order chi connectivity index (χ0) is 21.5. The summed E-state index contributed by atoms with van der Waals surface area (Å²) in [7, 11) is 0. The molecule has 0 radical (unpaired) electrons. The molecule has 156 valence electrons. The average molecular weight is 412 g/mol. The van der Waals surface area contributed by atoms with Crippen molar-refractivity contribution >= 4 is 28.1 Å². The van der Waals surface area contributed by atoms with Gasteiger partial charge in [-0.05, 0) is 55.1 Å². The Bertz CT molecular complexity index is 1140. The van der Waals surface area contributed by atoms with Crippen LogP contribution in [-0.4, -0.2) is 35.6 Å². The number of hydrogen-bond donors (Lipinski definition) is 1. The van der Waals surface area contributed by atoms with Gasteiger partial charge < -0.3 is 10.0 Å². The van der Waals surface area contributed by atoms with E-state index in [-0.39, 0.29) is 5.92 Å². The molecular formula is C26H25N3O2. The molecule has 0 aromatic heterocycles. The van der Waals surface area contributed by atoms with E-state index in [0.717, 1.165) is 60.1 Å². The Hall–Kier alpha value is -3.49. The highest BCUT2D eigenvalue weighted by atomic mass is 16.4. The van der Waals surface area contributed by atoms with E-state index in [4.69, 9.17) is 0 Å². The minimum absolute atomic E-state index is 0.239. The monoisotopic (exact) mass is 411 g/mol. The Morgan fingerprint density at radius 1 is 1.03 bits per heavy atom. The van der Waals surface area contributed by atoms with Crippen molar-refractivity contribution in [3.63, 3.8) is 0 Å². The third kappa shape index (κ3) is 5.56. The molecule has 0 amide bonds. The highest BCUT2D eigenvalue weighted by Gasteiger charge is 2.24. The average Bonchev–Trinajstić information content (AvgIpc) is 2.81. The number of piperidine rings is 1. The van der Waals surface area contributed by atoms with Crippen LogP contribution in [0.5, 0.6) is 0 Å². The van der Waals surface area contributed by atoms with Gasteiger partial charge in [0.25, 0.3) is 0 Å². The third-order valence-corrected chi connectivity index (χ3v) is 5.55. The van der Waals surface area contributed by atoms with Gasteiger partial charge >= 0.3 is 5.97 Å². The number of fused-ring (bicyclic) bond motifs is 1. The number of likely N-dealkylation sites (tertiary alicyclic amines) is 1. The minimum Gasteiger partial charge on any atom is -0.481 e. The lowest BCUT2D eigenvalue weighted by molar-refractivity contribution is -0.143. The predicted molar refractivity (Wildman–Crippen MR) is 123 cm³/mol. The maximum Gasteiger partial charge on any atom is 0.307 e. The van der Waals surface area contributed by atoms with Crippen LogP contribution >= 0.6 is 0 Å². The maximum atomic E-state index is 11.2. The summed E-state index contributed by atoms with van der Waals surface area (Å²) >= 11 is 0. The van der Waals surface area contributed by atoms with E-state index in [1.807, 2.05) is 54.6 Å². The third-order valence-electron chi connectivity index (χ3n) is 5.55. The van der Waals surface area contributed by atoms with Crippen molar-refractivity contribution in [3.8, 4) is 11.8 Å². The molecule has 1 N–H and O–H groups in total. The number of rotatable bonds is 5. The van der Waals surface area contributed by atoms with Crippen LogP contribution < -0.4 is 0 Å². The molecule has 5 nitrogen and oxygen atoms in total. The first-order valence-electron chi connectivity index (χ1n) is 10.6. The molecule has 0 bridgehead atoms. The van der Waals surface area contributed by atoms with Gasteiger partial charge in [-0.2, -0.15) is 5.11 Å². The van der Waals surface area contributed by atoms with Crippen molar-refractivity contribution in [2.24, 2.45) is 16.1 Å². The largest absolute Gasteiger partial charge is 0.481 e. The summed E-state index contributed by atoms with van der Waals surface area (Å²) in [5.74, 6) is 5.45. The summed E-state index contributed by atoms with van der Waals surface area (Å²) < 4.78 is 0. The van der Waals surface area contributed by atoms with Crippen molar-refractivity contribution in [3.05, 3.63) is 72.3 Å². The van der Waals surface area contributed by atoms with E-state index in [0.29, 0.717) is 6.54 Å². The number of hydrogen-bond acceptors (Lipinski definition) is 4. The van der Waals surface area contributed by atoms with Crippen molar-refractivity contribution in [2.75, 3.05) is 19.6 Å². The molecule has 31 heavy (non-hydrogen) atoms. The van der Waals surface area contributed by atoms with Gasteiger partial charge in [-0.25, -0.2) is 0 Å². The molecule has 0 saturated carbocycles. The quantitative estimate of drug-likeness (QED) is 0.427.